The van der Waals surface area contributed by atoms with E-state index in [1.807, 2.05) is 30.3 Å². The fourth-order valence-corrected chi connectivity index (χ4v) is 2.32. The van der Waals surface area contributed by atoms with Gasteiger partial charge in [0.2, 0.25) is 0 Å². The van der Waals surface area contributed by atoms with Crippen LogP contribution in [0, 0.1) is 11.3 Å². The molecule has 0 N–H and O–H groups in total. The van der Waals surface area contributed by atoms with Crippen LogP contribution in [0.5, 0.6) is 0 Å². The second-order valence-electron chi connectivity index (χ2n) is 5.04. The molecule has 0 unspecified atom stereocenters. The van der Waals surface area contributed by atoms with Crippen LogP contribution in [-0.2, 0) is 11.4 Å². The first-order valence-corrected chi connectivity index (χ1v) is 7.76. The standard InChI is InChI=1S/C19H21N3O/c1-3-22(4-2)19-11-9-16(10-12-19)14-21-23-15-18-8-6-5-7-17(18)13-20/h5-12,14H,3-4,15H2,1-2H3/b21-14-. The molecule has 4 nitrogen and oxygen atoms in total. The van der Waals surface area contributed by atoms with Gasteiger partial charge in [0.1, 0.15) is 6.61 Å². The molecular weight excluding hydrogens is 286 g/mol. The van der Waals surface area contributed by atoms with Gasteiger partial charge in [-0.3, -0.25) is 0 Å². The molecule has 2 rings (SSSR count). The van der Waals surface area contributed by atoms with Crippen LogP contribution in [0.2, 0.25) is 0 Å². The zero-order valence-corrected chi connectivity index (χ0v) is 13.6. The fraction of sp³-hybridized carbons (Fsp3) is 0.263. The van der Waals surface area contributed by atoms with Gasteiger partial charge in [0.05, 0.1) is 17.8 Å². The molecule has 0 amide bonds. The minimum atomic E-state index is 0.289. The van der Waals surface area contributed by atoms with Crippen molar-refractivity contribution in [3.8, 4) is 6.07 Å². The third-order valence-corrected chi connectivity index (χ3v) is 3.66. The Labute approximate surface area is 137 Å². The van der Waals surface area contributed by atoms with Gasteiger partial charge in [-0.05, 0) is 37.6 Å². The van der Waals surface area contributed by atoms with E-state index >= 15 is 0 Å². The van der Waals surface area contributed by atoms with Crippen LogP contribution < -0.4 is 4.90 Å². The van der Waals surface area contributed by atoms with Gasteiger partial charge in [-0.2, -0.15) is 5.26 Å². The molecule has 4 heteroatoms. The van der Waals surface area contributed by atoms with Crippen molar-refractivity contribution < 1.29 is 4.84 Å². The highest BCUT2D eigenvalue weighted by Crippen LogP contribution is 2.14. The number of benzene rings is 2. The maximum absolute atomic E-state index is 9.02. The Morgan fingerprint density at radius 3 is 2.43 bits per heavy atom. The van der Waals surface area contributed by atoms with Gasteiger partial charge in [-0.1, -0.05) is 35.5 Å². The van der Waals surface area contributed by atoms with Gasteiger partial charge in [-0.15, -0.1) is 0 Å². The van der Waals surface area contributed by atoms with Crippen LogP contribution in [0.1, 0.15) is 30.5 Å². The summed E-state index contributed by atoms with van der Waals surface area (Å²) in [5.41, 5.74) is 3.64. The van der Waals surface area contributed by atoms with E-state index in [4.69, 9.17) is 10.1 Å². The van der Waals surface area contributed by atoms with Gasteiger partial charge < -0.3 is 9.74 Å². The first-order chi connectivity index (χ1) is 11.3. The van der Waals surface area contributed by atoms with Crippen LogP contribution in [0.25, 0.3) is 0 Å². The van der Waals surface area contributed by atoms with Gasteiger partial charge in [-0.25, -0.2) is 0 Å². The highest BCUT2D eigenvalue weighted by atomic mass is 16.6. The quantitative estimate of drug-likeness (QED) is 0.575. The van der Waals surface area contributed by atoms with E-state index in [0.29, 0.717) is 5.56 Å². The molecule has 0 aliphatic carbocycles. The van der Waals surface area contributed by atoms with Crippen LogP contribution in [0.15, 0.2) is 53.7 Å². The van der Waals surface area contributed by atoms with Crippen molar-refractivity contribution in [3.05, 3.63) is 65.2 Å². The number of anilines is 1. The van der Waals surface area contributed by atoms with Crippen LogP contribution in [0.4, 0.5) is 5.69 Å². The van der Waals surface area contributed by atoms with E-state index in [9.17, 15) is 0 Å². The molecule has 0 radical (unpaired) electrons. The minimum absolute atomic E-state index is 0.289. The number of nitriles is 1. The fourth-order valence-electron chi connectivity index (χ4n) is 2.32. The third-order valence-electron chi connectivity index (χ3n) is 3.66. The Hall–Kier alpha value is -2.80. The molecular formula is C19H21N3O. The van der Waals surface area contributed by atoms with Crippen molar-refractivity contribution in [2.75, 3.05) is 18.0 Å². The molecule has 0 aliphatic rings. The highest BCUT2D eigenvalue weighted by Gasteiger charge is 2.01. The molecule has 23 heavy (non-hydrogen) atoms. The molecule has 2 aromatic rings. The Bertz CT molecular complexity index is 683. The number of hydrogen-bond donors (Lipinski definition) is 0. The van der Waals surface area contributed by atoms with Crippen molar-refractivity contribution in [3.63, 3.8) is 0 Å². The lowest BCUT2D eigenvalue weighted by Gasteiger charge is -2.20. The van der Waals surface area contributed by atoms with Gasteiger partial charge in [0, 0.05) is 24.3 Å². The third kappa shape index (κ3) is 4.58. The lowest BCUT2D eigenvalue weighted by Crippen LogP contribution is -2.21. The second kappa shape index (κ2) is 8.60. The predicted octanol–water partition coefficient (Wildman–Crippen LogP) is 3.96. The summed E-state index contributed by atoms with van der Waals surface area (Å²) in [6.07, 6.45) is 1.68. The van der Waals surface area contributed by atoms with Gasteiger partial charge in [0.25, 0.3) is 0 Å². The summed E-state index contributed by atoms with van der Waals surface area (Å²) in [5.74, 6) is 0. The first kappa shape index (κ1) is 16.6. The monoisotopic (exact) mass is 307 g/mol. The summed E-state index contributed by atoms with van der Waals surface area (Å²) in [7, 11) is 0. The van der Waals surface area contributed by atoms with Crippen molar-refractivity contribution in [2.45, 2.75) is 20.5 Å². The maximum Gasteiger partial charge on any atom is 0.143 e. The van der Waals surface area contributed by atoms with Crippen LogP contribution in [0.3, 0.4) is 0 Å². The predicted molar refractivity (Wildman–Crippen MR) is 93.5 cm³/mol. The molecule has 0 saturated carbocycles. The van der Waals surface area contributed by atoms with Gasteiger partial charge >= 0.3 is 0 Å². The summed E-state index contributed by atoms with van der Waals surface area (Å²) in [6, 6.07) is 17.7. The first-order valence-electron chi connectivity index (χ1n) is 7.76. The average Bonchev–Trinajstić information content (AvgIpc) is 2.61. The Balaban J connectivity index is 1.92. The maximum atomic E-state index is 9.02. The lowest BCUT2D eigenvalue weighted by atomic mass is 10.1. The van der Waals surface area contributed by atoms with Crippen LogP contribution >= 0.6 is 0 Å². The van der Waals surface area contributed by atoms with Crippen molar-refractivity contribution in [1.82, 2.24) is 0 Å². The Kier molecular flexibility index (Phi) is 6.19. The topological polar surface area (TPSA) is 48.6 Å². The number of hydrogen-bond acceptors (Lipinski definition) is 4. The molecule has 2 aromatic carbocycles. The van der Waals surface area contributed by atoms with E-state index in [0.717, 1.165) is 24.2 Å². The van der Waals surface area contributed by atoms with Gasteiger partial charge in [0.15, 0.2) is 0 Å². The Morgan fingerprint density at radius 1 is 1.09 bits per heavy atom. The molecule has 0 bridgehead atoms. The number of rotatable bonds is 7. The molecule has 0 spiro atoms. The molecule has 0 aliphatic heterocycles. The van der Waals surface area contributed by atoms with E-state index in [-0.39, 0.29) is 6.61 Å². The highest BCUT2D eigenvalue weighted by molar-refractivity contribution is 5.79. The van der Waals surface area contributed by atoms with E-state index in [1.54, 1.807) is 12.3 Å². The largest absolute Gasteiger partial charge is 0.391 e. The van der Waals surface area contributed by atoms with E-state index in [2.05, 4.69) is 42.1 Å². The summed E-state index contributed by atoms with van der Waals surface area (Å²) in [6.45, 7) is 6.56. The lowest BCUT2D eigenvalue weighted by molar-refractivity contribution is 0.132. The van der Waals surface area contributed by atoms with E-state index in [1.165, 1.54) is 5.69 Å². The second-order valence-corrected chi connectivity index (χ2v) is 5.04. The summed E-state index contributed by atoms with van der Waals surface area (Å²) >= 11 is 0. The van der Waals surface area contributed by atoms with Crippen molar-refractivity contribution >= 4 is 11.9 Å². The number of nitrogens with zero attached hydrogens (tertiary/aromatic N) is 3. The SMILES string of the molecule is CCN(CC)c1ccc(/C=N\OCc2ccccc2C#N)cc1. The minimum Gasteiger partial charge on any atom is -0.391 e. The zero-order chi connectivity index (χ0) is 16.5. The molecule has 0 fully saturated rings. The molecule has 0 heterocycles. The van der Waals surface area contributed by atoms with Crippen molar-refractivity contribution in [1.29, 1.82) is 5.26 Å². The summed E-state index contributed by atoms with van der Waals surface area (Å²) < 4.78 is 0. The summed E-state index contributed by atoms with van der Waals surface area (Å²) in [4.78, 5) is 7.58. The summed E-state index contributed by atoms with van der Waals surface area (Å²) in [5, 5.41) is 13.0. The smallest absolute Gasteiger partial charge is 0.143 e. The molecule has 0 aromatic heterocycles. The normalized spacial score (nSPS) is 10.5. The van der Waals surface area contributed by atoms with Crippen LogP contribution in [-0.4, -0.2) is 19.3 Å². The molecule has 0 atom stereocenters. The molecule has 0 saturated heterocycles. The van der Waals surface area contributed by atoms with E-state index < -0.39 is 0 Å². The average molecular weight is 307 g/mol. The molecule has 118 valence electrons. The van der Waals surface area contributed by atoms with Crippen molar-refractivity contribution in [2.24, 2.45) is 5.16 Å². The Morgan fingerprint density at radius 2 is 1.78 bits per heavy atom. The zero-order valence-electron chi connectivity index (χ0n) is 13.6. The number of oxime groups is 1.